The van der Waals surface area contributed by atoms with Gasteiger partial charge in [-0.15, -0.1) is 0 Å². The van der Waals surface area contributed by atoms with Crippen molar-refractivity contribution in [3.05, 3.63) is 102 Å². The average molecular weight is 362 g/mol. The highest BCUT2D eigenvalue weighted by Gasteiger charge is 2.17. The first-order valence-corrected chi connectivity index (χ1v) is 8.09. The fourth-order valence-corrected chi connectivity index (χ4v) is 2.17. The van der Waals surface area contributed by atoms with E-state index < -0.39 is 17.5 Å². The third-order valence-corrected chi connectivity index (χ3v) is 3.62. The number of carboxylic acids is 1. The van der Waals surface area contributed by atoms with Crippen molar-refractivity contribution in [1.29, 1.82) is 0 Å². The van der Waals surface area contributed by atoms with E-state index in [0.717, 1.165) is 0 Å². The van der Waals surface area contributed by atoms with Crippen LogP contribution in [-0.2, 0) is 0 Å². The van der Waals surface area contributed by atoms with E-state index in [4.69, 9.17) is 9.84 Å². The average Bonchev–Trinajstić information content (AvgIpc) is 2.74. The summed E-state index contributed by atoms with van der Waals surface area (Å²) in [4.78, 5) is 34.0. The summed E-state index contributed by atoms with van der Waals surface area (Å²) in [7, 11) is 1.54. The maximum absolute atomic E-state index is 11.8. The molecule has 0 aliphatic heterocycles. The highest BCUT2D eigenvalue weighted by Crippen LogP contribution is 2.10. The van der Waals surface area contributed by atoms with Crippen molar-refractivity contribution in [3.63, 3.8) is 0 Å². The lowest BCUT2D eigenvalue weighted by Crippen LogP contribution is -2.14. The number of methoxy groups -OCH3 is 1. The summed E-state index contributed by atoms with van der Waals surface area (Å²) in [6.07, 6.45) is 0. The summed E-state index contributed by atoms with van der Waals surface area (Å²) in [6.45, 7) is 0. The van der Waals surface area contributed by atoms with Crippen LogP contribution in [-0.4, -0.2) is 29.8 Å². The fourth-order valence-electron chi connectivity index (χ4n) is 2.17. The number of carbonyl (C=O) groups is 3. The van der Waals surface area contributed by atoms with Crippen LogP contribution in [0.3, 0.4) is 0 Å². The molecule has 3 aromatic carbocycles. The van der Waals surface area contributed by atoms with E-state index in [1.54, 1.807) is 60.7 Å². The van der Waals surface area contributed by atoms with Crippen molar-refractivity contribution in [2.45, 2.75) is 0 Å². The van der Waals surface area contributed by atoms with Crippen LogP contribution in [0.1, 0.15) is 31.1 Å². The van der Waals surface area contributed by atoms with Gasteiger partial charge in [-0.3, -0.25) is 9.59 Å². The molecule has 0 saturated carbocycles. The molecule has 0 bridgehead atoms. The molecule has 0 saturated heterocycles. The lowest BCUT2D eigenvalue weighted by atomic mass is 10.0. The maximum atomic E-state index is 11.8. The van der Waals surface area contributed by atoms with Crippen molar-refractivity contribution in [1.82, 2.24) is 0 Å². The summed E-state index contributed by atoms with van der Waals surface area (Å²) in [6, 6.07) is 23.4. The Kier molecular flexibility index (Phi) is 7.02. The van der Waals surface area contributed by atoms with Gasteiger partial charge < -0.3 is 9.84 Å². The first-order valence-electron chi connectivity index (χ1n) is 8.09. The molecule has 0 fully saturated rings. The van der Waals surface area contributed by atoms with E-state index in [1.807, 2.05) is 12.1 Å². The van der Waals surface area contributed by atoms with E-state index in [9.17, 15) is 14.4 Å². The fraction of sp³-hybridized carbons (Fsp3) is 0.0455. The standard InChI is InChI=1S/C14H10O2.C8H8O3/c15-13(11-7-3-1-4-8-11)14(16)12-9-5-2-6-10-12;1-11-7-4-2-6(3-5-7)8(9)10/h1-10H;2-5H,1H3,(H,9,10). The van der Waals surface area contributed by atoms with E-state index in [0.29, 0.717) is 16.9 Å². The van der Waals surface area contributed by atoms with Gasteiger partial charge in [-0.2, -0.15) is 0 Å². The number of rotatable bonds is 5. The zero-order chi connectivity index (χ0) is 19.6. The molecule has 5 heteroatoms. The van der Waals surface area contributed by atoms with E-state index in [1.165, 1.54) is 19.2 Å². The lowest BCUT2D eigenvalue weighted by Gasteiger charge is -1.99. The van der Waals surface area contributed by atoms with Crippen molar-refractivity contribution >= 4 is 17.5 Å². The Labute approximate surface area is 156 Å². The highest BCUT2D eigenvalue weighted by atomic mass is 16.5. The zero-order valence-electron chi connectivity index (χ0n) is 14.7. The largest absolute Gasteiger partial charge is 0.497 e. The van der Waals surface area contributed by atoms with Crippen LogP contribution in [0.4, 0.5) is 0 Å². The smallest absolute Gasteiger partial charge is 0.335 e. The van der Waals surface area contributed by atoms with Gasteiger partial charge in [0.25, 0.3) is 0 Å². The van der Waals surface area contributed by atoms with Gasteiger partial charge >= 0.3 is 5.97 Å². The molecule has 0 aliphatic rings. The van der Waals surface area contributed by atoms with Crippen LogP contribution in [0.2, 0.25) is 0 Å². The maximum Gasteiger partial charge on any atom is 0.335 e. The monoisotopic (exact) mass is 362 g/mol. The number of aromatic carboxylic acids is 1. The van der Waals surface area contributed by atoms with Crippen LogP contribution in [0.25, 0.3) is 0 Å². The van der Waals surface area contributed by atoms with Gasteiger partial charge in [0.1, 0.15) is 5.75 Å². The third kappa shape index (κ3) is 5.64. The minimum absolute atomic E-state index is 0.269. The zero-order valence-corrected chi connectivity index (χ0v) is 14.7. The number of carboxylic acid groups (broad SMARTS) is 1. The normalized spacial score (nSPS) is 9.52. The highest BCUT2D eigenvalue weighted by molar-refractivity contribution is 6.49. The molecule has 3 rings (SSSR count). The predicted molar refractivity (Wildman–Crippen MR) is 101 cm³/mol. The van der Waals surface area contributed by atoms with Crippen LogP contribution >= 0.6 is 0 Å². The number of hydrogen-bond donors (Lipinski definition) is 1. The van der Waals surface area contributed by atoms with Gasteiger partial charge in [-0.1, -0.05) is 60.7 Å². The molecule has 0 atom stereocenters. The predicted octanol–water partition coefficient (Wildman–Crippen LogP) is 4.15. The molecule has 0 spiro atoms. The summed E-state index contributed by atoms with van der Waals surface area (Å²) < 4.78 is 4.86. The first-order chi connectivity index (χ1) is 13.0. The number of Topliss-reactive ketones (excluding diaryl/α,β-unsaturated/α-hetero) is 2. The molecule has 0 unspecified atom stereocenters. The quantitative estimate of drug-likeness (QED) is 0.545. The van der Waals surface area contributed by atoms with Gasteiger partial charge in [0.15, 0.2) is 0 Å². The second kappa shape index (κ2) is 9.68. The van der Waals surface area contributed by atoms with Crippen molar-refractivity contribution in [2.24, 2.45) is 0 Å². The summed E-state index contributed by atoms with van der Waals surface area (Å²) in [5.74, 6) is -1.19. The SMILES string of the molecule is COc1ccc(C(=O)O)cc1.O=C(C(=O)c1ccccc1)c1ccccc1. The third-order valence-electron chi connectivity index (χ3n) is 3.62. The van der Waals surface area contributed by atoms with Gasteiger partial charge in [0.2, 0.25) is 11.6 Å². The van der Waals surface area contributed by atoms with Gasteiger partial charge in [-0.25, -0.2) is 4.79 Å². The minimum atomic E-state index is -0.923. The van der Waals surface area contributed by atoms with Crippen molar-refractivity contribution in [2.75, 3.05) is 7.11 Å². The molecule has 0 amide bonds. The first kappa shape index (κ1) is 19.6. The van der Waals surface area contributed by atoms with Gasteiger partial charge in [-0.05, 0) is 24.3 Å². The number of carbonyl (C=O) groups excluding carboxylic acids is 2. The Morgan fingerprint density at radius 2 is 1.04 bits per heavy atom. The van der Waals surface area contributed by atoms with E-state index in [-0.39, 0.29) is 5.56 Å². The molecule has 136 valence electrons. The Hall–Kier alpha value is -3.73. The van der Waals surface area contributed by atoms with Crippen LogP contribution in [0.15, 0.2) is 84.9 Å². The Morgan fingerprint density at radius 1 is 0.630 bits per heavy atom. The molecule has 0 aliphatic carbocycles. The number of ketones is 2. The number of hydrogen-bond acceptors (Lipinski definition) is 4. The molecular weight excluding hydrogens is 344 g/mol. The molecule has 0 heterocycles. The second-order valence-electron chi connectivity index (χ2n) is 5.42. The van der Waals surface area contributed by atoms with Crippen LogP contribution in [0.5, 0.6) is 5.75 Å². The lowest BCUT2D eigenvalue weighted by molar-refractivity contribution is 0.0696. The van der Waals surface area contributed by atoms with Gasteiger partial charge in [0.05, 0.1) is 12.7 Å². The molecule has 0 radical (unpaired) electrons. The molecular formula is C22H18O5. The van der Waals surface area contributed by atoms with Crippen molar-refractivity contribution in [3.8, 4) is 5.75 Å². The Balaban J connectivity index is 0.000000208. The summed E-state index contributed by atoms with van der Waals surface area (Å²) >= 11 is 0. The molecule has 27 heavy (non-hydrogen) atoms. The van der Waals surface area contributed by atoms with Crippen LogP contribution in [0, 0.1) is 0 Å². The minimum Gasteiger partial charge on any atom is -0.497 e. The molecule has 3 aromatic rings. The molecule has 1 N–H and O–H groups in total. The van der Waals surface area contributed by atoms with Gasteiger partial charge in [0, 0.05) is 11.1 Å². The van der Waals surface area contributed by atoms with Crippen molar-refractivity contribution < 1.29 is 24.2 Å². The number of benzene rings is 3. The summed E-state index contributed by atoms with van der Waals surface area (Å²) in [5.41, 5.74) is 1.12. The Bertz CT molecular complexity index is 851. The van der Waals surface area contributed by atoms with E-state index >= 15 is 0 Å². The summed E-state index contributed by atoms with van der Waals surface area (Å²) in [5, 5.41) is 8.51. The molecule has 0 aromatic heterocycles. The number of ether oxygens (including phenoxy) is 1. The van der Waals surface area contributed by atoms with Crippen LogP contribution < -0.4 is 4.74 Å². The molecule has 5 nitrogen and oxygen atoms in total. The topological polar surface area (TPSA) is 80.7 Å². The van der Waals surface area contributed by atoms with E-state index in [2.05, 4.69) is 0 Å². The Morgan fingerprint density at radius 3 is 1.37 bits per heavy atom. The second-order valence-corrected chi connectivity index (χ2v) is 5.42.